The summed E-state index contributed by atoms with van der Waals surface area (Å²) in [5, 5.41) is 2.89. The molecule has 1 saturated heterocycles. The number of benzene rings is 2. The fourth-order valence-corrected chi connectivity index (χ4v) is 5.43. The van der Waals surface area contributed by atoms with Crippen molar-refractivity contribution in [1.29, 1.82) is 0 Å². The molecule has 2 aliphatic rings. The smallest absolute Gasteiger partial charge is 0.257 e. The van der Waals surface area contributed by atoms with E-state index in [1.54, 1.807) is 45.8 Å². The zero-order chi connectivity index (χ0) is 23.4. The van der Waals surface area contributed by atoms with E-state index in [4.69, 9.17) is 0 Å². The highest BCUT2D eigenvalue weighted by Gasteiger charge is 2.52. The lowest BCUT2D eigenvalue weighted by Crippen LogP contribution is -2.62. The van der Waals surface area contributed by atoms with E-state index in [1.807, 2.05) is 25.1 Å². The lowest BCUT2D eigenvalue weighted by atomic mass is 9.98. The first-order valence-electron chi connectivity index (χ1n) is 11.2. The van der Waals surface area contributed by atoms with Crippen LogP contribution in [0.25, 0.3) is 0 Å². The quantitative estimate of drug-likeness (QED) is 0.565. The van der Waals surface area contributed by atoms with Gasteiger partial charge in [-0.1, -0.05) is 30.3 Å². The van der Waals surface area contributed by atoms with Crippen molar-refractivity contribution in [2.24, 2.45) is 0 Å². The van der Waals surface area contributed by atoms with Gasteiger partial charge in [-0.3, -0.25) is 19.3 Å². The van der Waals surface area contributed by atoms with Crippen LogP contribution in [0.4, 0.5) is 10.1 Å². The monoisotopic (exact) mass is 469 g/mol. The van der Waals surface area contributed by atoms with Gasteiger partial charge in [-0.15, -0.1) is 0 Å². The van der Waals surface area contributed by atoms with E-state index >= 15 is 0 Å². The fraction of sp³-hybridized carbons (Fsp3) is 0.400. The first-order valence-corrected chi connectivity index (χ1v) is 12.4. The van der Waals surface area contributed by atoms with Gasteiger partial charge in [0.25, 0.3) is 5.91 Å². The number of nitrogens with one attached hydrogen (secondary N) is 1. The fourth-order valence-electron chi connectivity index (χ4n) is 4.59. The molecule has 33 heavy (non-hydrogen) atoms. The van der Waals surface area contributed by atoms with Crippen LogP contribution in [0.5, 0.6) is 0 Å². The molecule has 1 atom stereocenters. The van der Waals surface area contributed by atoms with Gasteiger partial charge in [0, 0.05) is 37.4 Å². The zero-order valence-corrected chi connectivity index (χ0v) is 19.5. The molecule has 2 aliphatic heterocycles. The highest BCUT2D eigenvalue weighted by Crippen LogP contribution is 2.44. The van der Waals surface area contributed by atoms with E-state index in [1.165, 1.54) is 6.07 Å². The van der Waals surface area contributed by atoms with E-state index < -0.39 is 5.66 Å². The van der Waals surface area contributed by atoms with E-state index in [0.29, 0.717) is 67.1 Å². The standard InChI is InChI=1S/C25H28FN3O3S/c1-25-13-12-23(31)29(25)21-10-5-3-8-19(21)24(32)28(25)15-6-11-22(30)27-14-16-33-17-18-7-2-4-9-20(18)26/h2-5,7-10H,6,11-17H2,1H3,(H,27,30). The molecular formula is C25H28FN3O3S. The summed E-state index contributed by atoms with van der Waals surface area (Å²) in [5.74, 6) is 0.902. The van der Waals surface area contributed by atoms with Gasteiger partial charge in [0.15, 0.2) is 0 Å². The van der Waals surface area contributed by atoms with Crippen molar-refractivity contribution in [3.05, 3.63) is 65.5 Å². The highest BCUT2D eigenvalue weighted by atomic mass is 32.2. The van der Waals surface area contributed by atoms with Gasteiger partial charge in [0.2, 0.25) is 11.8 Å². The van der Waals surface area contributed by atoms with Crippen molar-refractivity contribution in [2.45, 2.75) is 44.0 Å². The molecule has 3 amide bonds. The van der Waals surface area contributed by atoms with Gasteiger partial charge >= 0.3 is 0 Å². The van der Waals surface area contributed by atoms with E-state index in [2.05, 4.69) is 5.32 Å². The number of fused-ring (bicyclic) bond motifs is 3. The molecule has 0 aliphatic carbocycles. The van der Waals surface area contributed by atoms with Crippen LogP contribution in [0.1, 0.15) is 48.5 Å². The highest BCUT2D eigenvalue weighted by molar-refractivity contribution is 7.98. The Morgan fingerprint density at radius 1 is 1.15 bits per heavy atom. The van der Waals surface area contributed by atoms with Gasteiger partial charge in [0.05, 0.1) is 11.3 Å². The predicted octanol–water partition coefficient (Wildman–Crippen LogP) is 3.95. The third-order valence-corrected chi connectivity index (χ3v) is 7.32. The maximum atomic E-state index is 13.6. The van der Waals surface area contributed by atoms with Crippen molar-refractivity contribution in [1.82, 2.24) is 10.2 Å². The number of hydrogen-bond donors (Lipinski definition) is 1. The Bertz CT molecular complexity index is 1060. The van der Waals surface area contributed by atoms with E-state index in [9.17, 15) is 18.8 Å². The predicted molar refractivity (Wildman–Crippen MR) is 127 cm³/mol. The summed E-state index contributed by atoms with van der Waals surface area (Å²) >= 11 is 1.57. The van der Waals surface area contributed by atoms with Crippen LogP contribution >= 0.6 is 11.8 Å². The summed E-state index contributed by atoms with van der Waals surface area (Å²) in [6, 6.07) is 13.9. The SMILES string of the molecule is CC12CCC(=O)N1c1ccccc1C(=O)N2CCCC(=O)NCCSCc1ccccc1F. The minimum atomic E-state index is -0.692. The van der Waals surface area contributed by atoms with Gasteiger partial charge in [-0.2, -0.15) is 11.8 Å². The Morgan fingerprint density at radius 2 is 1.91 bits per heavy atom. The number of halogens is 1. The maximum Gasteiger partial charge on any atom is 0.257 e. The average Bonchev–Trinajstić information content (AvgIpc) is 3.12. The summed E-state index contributed by atoms with van der Waals surface area (Å²) in [5.41, 5.74) is 1.17. The van der Waals surface area contributed by atoms with Crippen molar-refractivity contribution >= 4 is 35.2 Å². The van der Waals surface area contributed by atoms with Gasteiger partial charge < -0.3 is 10.2 Å². The Morgan fingerprint density at radius 3 is 2.73 bits per heavy atom. The molecule has 2 aromatic rings. The molecule has 0 radical (unpaired) electrons. The Hall–Kier alpha value is -2.87. The summed E-state index contributed by atoms with van der Waals surface area (Å²) in [6.07, 6.45) is 1.80. The Labute approximate surface area is 197 Å². The summed E-state index contributed by atoms with van der Waals surface area (Å²) < 4.78 is 13.6. The molecule has 4 rings (SSSR count). The molecule has 8 heteroatoms. The van der Waals surface area contributed by atoms with Crippen LogP contribution in [0.2, 0.25) is 0 Å². The Balaban J connectivity index is 1.25. The van der Waals surface area contributed by atoms with Crippen LogP contribution in [0, 0.1) is 5.82 Å². The van der Waals surface area contributed by atoms with Crippen molar-refractivity contribution in [3.8, 4) is 0 Å². The van der Waals surface area contributed by atoms with Crippen LogP contribution in [-0.2, 0) is 15.3 Å². The van der Waals surface area contributed by atoms with Gasteiger partial charge in [-0.25, -0.2) is 4.39 Å². The topological polar surface area (TPSA) is 69.7 Å². The minimum Gasteiger partial charge on any atom is -0.355 e. The minimum absolute atomic E-state index is 0.0214. The lowest BCUT2D eigenvalue weighted by molar-refractivity contribution is -0.121. The molecule has 0 spiro atoms. The third-order valence-electron chi connectivity index (χ3n) is 6.32. The molecular weight excluding hydrogens is 441 g/mol. The molecule has 0 aromatic heterocycles. The summed E-state index contributed by atoms with van der Waals surface area (Å²) in [7, 11) is 0. The number of carbonyl (C=O) groups excluding carboxylic acids is 3. The van der Waals surface area contributed by atoms with Crippen LogP contribution in [0.3, 0.4) is 0 Å². The number of amides is 3. The lowest BCUT2D eigenvalue weighted by Gasteiger charge is -2.48. The number of hydrogen-bond acceptors (Lipinski definition) is 4. The second-order valence-corrected chi connectivity index (χ2v) is 9.62. The van der Waals surface area contributed by atoms with Crippen LogP contribution in [-0.4, -0.2) is 47.1 Å². The molecule has 1 unspecified atom stereocenters. The molecule has 1 N–H and O–H groups in total. The molecule has 2 aromatic carbocycles. The molecule has 174 valence electrons. The second-order valence-electron chi connectivity index (χ2n) is 8.52. The number of para-hydroxylation sites is 1. The largest absolute Gasteiger partial charge is 0.355 e. The number of anilines is 1. The van der Waals surface area contributed by atoms with E-state index in [-0.39, 0.29) is 23.5 Å². The first kappa shape index (κ1) is 23.3. The zero-order valence-electron chi connectivity index (χ0n) is 18.7. The van der Waals surface area contributed by atoms with Crippen molar-refractivity contribution in [3.63, 3.8) is 0 Å². The summed E-state index contributed by atoms with van der Waals surface area (Å²) in [6.45, 7) is 2.84. The molecule has 0 bridgehead atoms. The maximum absolute atomic E-state index is 13.6. The van der Waals surface area contributed by atoms with Crippen LogP contribution in [0.15, 0.2) is 48.5 Å². The van der Waals surface area contributed by atoms with Gasteiger partial charge in [0.1, 0.15) is 11.5 Å². The molecule has 1 fully saturated rings. The normalized spacial score (nSPS) is 19.5. The number of thioether (sulfide) groups is 1. The Kier molecular flexibility index (Phi) is 7.02. The molecule has 2 heterocycles. The molecule has 0 saturated carbocycles. The number of carbonyl (C=O) groups is 3. The first-order chi connectivity index (χ1) is 15.9. The third kappa shape index (κ3) is 4.76. The average molecular weight is 470 g/mol. The van der Waals surface area contributed by atoms with Gasteiger partial charge in [-0.05, 0) is 43.5 Å². The summed E-state index contributed by atoms with van der Waals surface area (Å²) in [4.78, 5) is 41.5. The number of rotatable bonds is 9. The van der Waals surface area contributed by atoms with E-state index in [0.717, 1.165) is 0 Å². The second kappa shape index (κ2) is 9.95. The van der Waals surface area contributed by atoms with Crippen molar-refractivity contribution in [2.75, 3.05) is 23.7 Å². The van der Waals surface area contributed by atoms with Crippen molar-refractivity contribution < 1.29 is 18.8 Å². The number of nitrogens with zero attached hydrogens (tertiary/aromatic N) is 2. The van der Waals surface area contributed by atoms with Crippen LogP contribution < -0.4 is 10.2 Å². The molecule has 6 nitrogen and oxygen atoms in total.